The number of hydrogen-bond donors (Lipinski definition) is 2. The van der Waals surface area contributed by atoms with Gasteiger partial charge in [0, 0.05) is 28.6 Å². The molecule has 0 heterocycles. The Morgan fingerprint density at radius 1 is 1.29 bits per heavy atom. The van der Waals surface area contributed by atoms with Crippen LogP contribution >= 0.6 is 0 Å². The molecule has 2 N–H and O–H groups in total. The van der Waals surface area contributed by atoms with Crippen molar-refractivity contribution in [2.75, 3.05) is 18.8 Å². The highest BCUT2D eigenvalue weighted by atomic mass is 32.2. The summed E-state index contributed by atoms with van der Waals surface area (Å²) in [6, 6.07) is 0.483. The first-order valence-electron chi connectivity index (χ1n) is 6.54. The third-order valence-corrected chi connectivity index (χ3v) is 4.86. The van der Waals surface area contributed by atoms with Gasteiger partial charge in [0.25, 0.3) is 0 Å². The standard InChI is InChI=1S/C12H24N2O2S/c1-3-13-10-6-5-7-11(8-10)17(16)9-12(15)14-4-2/h10-11,13H,3-9H2,1-2H3,(H,14,15). The highest BCUT2D eigenvalue weighted by molar-refractivity contribution is 7.86. The fourth-order valence-electron chi connectivity index (χ4n) is 2.35. The number of nitrogens with one attached hydrogen (secondary N) is 2. The van der Waals surface area contributed by atoms with E-state index in [1.165, 1.54) is 6.42 Å². The first-order chi connectivity index (χ1) is 8.17. The summed E-state index contributed by atoms with van der Waals surface area (Å²) in [5.41, 5.74) is 0. The molecule has 0 spiro atoms. The third-order valence-electron chi connectivity index (χ3n) is 3.14. The maximum absolute atomic E-state index is 12.1. The summed E-state index contributed by atoms with van der Waals surface area (Å²) in [6.45, 7) is 5.54. The van der Waals surface area contributed by atoms with E-state index < -0.39 is 10.8 Å². The molecule has 0 aromatic heterocycles. The molecule has 1 saturated carbocycles. The van der Waals surface area contributed by atoms with Crippen molar-refractivity contribution in [3.63, 3.8) is 0 Å². The summed E-state index contributed by atoms with van der Waals surface area (Å²) < 4.78 is 12.1. The quantitative estimate of drug-likeness (QED) is 0.742. The van der Waals surface area contributed by atoms with Gasteiger partial charge in [-0.05, 0) is 32.7 Å². The minimum absolute atomic E-state index is 0.0867. The fourth-order valence-corrected chi connectivity index (χ4v) is 3.83. The summed E-state index contributed by atoms with van der Waals surface area (Å²) in [6.07, 6.45) is 4.22. The van der Waals surface area contributed by atoms with Gasteiger partial charge in [-0.25, -0.2) is 0 Å². The molecule has 0 aromatic carbocycles. The van der Waals surface area contributed by atoms with Crippen LogP contribution in [0.4, 0.5) is 0 Å². The Balaban J connectivity index is 2.38. The second-order valence-corrected chi connectivity index (χ2v) is 6.24. The van der Waals surface area contributed by atoms with E-state index in [9.17, 15) is 9.00 Å². The summed E-state index contributed by atoms with van der Waals surface area (Å²) in [5, 5.41) is 6.31. The van der Waals surface area contributed by atoms with E-state index in [2.05, 4.69) is 17.6 Å². The molecular formula is C12H24N2O2S. The maximum atomic E-state index is 12.1. The number of rotatable bonds is 6. The van der Waals surface area contributed by atoms with Crippen molar-refractivity contribution in [1.82, 2.24) is 10.6 Å². The Labute approximate surface area is 106 Å². The minimum Gasteiger partial charge on any atom is -0.356 e. The zero-order valence-electron chi connectivity index (χ0n) is 10.8. The number of amides is 1. The van der Waals surface area contributed by atoms with Gasteiger partial charge >= 0.3 is 0 Å². The van der Waals surface area contributed by atoms with E-state index in [1.54, 1.807) is 0 Å². The van der Waals surface area contributed by atoms with E-state index in [4.69, 9.17) is 0 Å². The van der Waals surface area contributed by atoms with Gasteiger partial charge in [-0.3, -0.25) is 9.00 Å². The lowest BCUT2D eigenvalue weighted by atomic mass is 9.95. The van der Waals surface area contributed by atoms with Crippen molar-refractivity contribution in [3.05, 3.63) is 0 Å². The first-order valence-corrected chi connectivity index (χ1v) is 7.92. The van der Waals surface area contributed by atoms with E-state index in [-0.39, 0.29) is 16.9 Å². The van der Waals surface area contributed by atoms with Gasteiger partial charge in [-0.2, -0.15) is 0 Å². The maximum Gasteiger partial charge on any atom is 0.232 e. The van der Waals surface area contributed by atoms with Crippen LogP contribution < -0.4 is 10.6 Å². The van der Waals surface area contributed by atoms with Crippen LogP contribution in [0.5, 0.6) is 0 Å². The van der Waals surface area contributed by atoms with Crippen LogP contribution in [-0.4, -0.2) is 40.3 Å². The van der Waals surface area contributed by atoms with Gasteiger partial charge in [0.05, 0.1) is 0 Å². The zero-order valence-corrected chi connectivity index (χ0v) is 11.6. The van der Waals surface area contributed by atoms with Crippen molar-refractivity contribution >= 4 is 16.7 Å². The highest BCUT2D eigenvalue weighted by Gasteiger charge is 2.26. The largest absolute Gasteiger partial charge is 0.356 e. The molecule has 0 aliphatic heterocycles. The SMILES string of the molecule is CCNC(=O)CS(=O)C1CCCC(NCC)C1. The molecule has 0 bridgehead atoms. The van der Waals surface area contributed by atoms with Crippen molar-refractivity contribution in [2.45, 2.75) is 50.8 Å². The molecule has 1 rings (SSSR count). The van der Waals surface area contributed by atoms with Crippen molar-refractivity contribution < 1.29 is 9.00 Å². The van der Waals surface area contributed by atoms with Crippen molar-refractivity contribution in [2.24, 2.45) is 0 Å². The van der Waals surface area contributed by atoms with Crippen molar-refractivity contribution in [3.8, 4) is 0 Å². The molecule has 3 atom stereocenters. The van der Waals surface area contributed by atoms with Gasteiger partial charge in [0.2, 0.25) is 5.91 Å². The molecule has 5 heteroatoms. The van der Waals surface area contributed by atoms with Crippen LogP contribution in [0, 0.1) is 0 Å². The lowest BCUT2D eigenvalue weighted by Gasteiger charge is -2.28. The molecule has 1 aliphatic carbocycles. The topological polar surface area (TPSA) is 58.2 Å². The lowest BCUT2D eigenvalue weighted by molar-refractivity contribution is -0.118. The first kappa shape index (κ1) is 14.6. The number of hydrogen-bond acceptors (Lipinski definition) is 3. The number of carbonyl (C=O) groups is 1. The Morgan fingerprint density at radius 3 is 2.71 bits per heavy atom. The third kappa shape index (κ3) is 5.17. The lowest BCUT2D eigenvalue weighted by Crippen LogP contribution is -2.39. The number of carbonyl (C=O) groups excluding carboxylic acids is 1. The van der Waals surface area contributed by atoms with Gasteiger partial charge in [0.1, 0.15) is 5.75 Å². The summed E-state index contributed by atoms with van der Waals surface area (Å²) in [5.74, 6) is 0.0774. The molecule has 0 saturated heterocycles. The molecular weight excluding hydrogens is 236 g/mol. The zero-order chi connectivity index (χ0) is 12.7. The average Bonchev–Trinajstić information content (AvgIpc) is 2.30. The van der Waals surface area contributed by atoms with Gasteiger partial charge in [-0.1, -0.05) is 13.3 Å². The van der Waals surface area contributed by atoms with Gasteiger partial charge in [-0.15, -0.1) is 0 Å². The van der Waals surface area contributed by atoms with Crippen LogP contribution in [0.1, 0.15) is 39.5 Å². The van der Waals surface area contributed by atoms with Crippen LogP contribution in [-0.2, 0) is 15.6 Å². The average molecular weight is 260 g/mol. The van der Waals surface area contributed by atoms with Crippen LogP contribution in [0.2, 0.25) is 0 Å². The smallest absolute Gasteiger partial charge is 0.232 e. The molecule has 17 heavy (non-hydrogen) atoms. The molecule has 4 nitrogen and oxygen atoms in total. The minimum atomic E-state index is -1.01. The monoisotopic (exact) mass is 260 g/mol. The van der Waals surface area contributed by atoms with Crippen LogP contribution in [0.3, 0.4) is 0 Å². The van der Waals surface area contributed by atoms with Crippen LogP contribution in [0.15, 0.2) is 0 Å². The normalized spacial score (nSPS) is 26.5. The molecule has 100 valence electrons. The summed E-state index contributed by atoms with van der Waals surface area (Å²) in [4.78, 5) is 11.4. The second-order valence-electron chi connectivity index (χ2n) is 4.52. The Kier molecular flexibility index (Phi) is 6.73. The predicted molar refractivity (Wildman–Crippen MR) is 71.4 cm³/mol. The second kappa shape index (κ2) is 7.82. The molecule has 3 unspecified atom stereocenters. The van der Waals surface area contributed by atoms with E-state index in [0.717, 1.165) is 25.8 Å². The molecule has 1 fully saturated rings. The van der Waals surface area contributed by atoms with Gasteiger partial charge in [0.15, 0.2) is 0 Å². The van der Waals surface area contributed by atoms with Crippen LogP contribution in [0.25, 0.3) is 0 Å². The summed E-state index contributed by atoms with van der Waals surface area (Å²) >= 11 is 0. The molecule has 0 radical (unpaired) electrons. The highest BCUT2D eigenvalue weighted by Crippen LogP contribution is 2.22. The molecule has 0 aromatic rings. The fraction of sp³-hybridized carbons (Fsp3) is 0.917. The van der Waals surface area contributed by atoms with Gasteiger partial charge < -0.3 is 10.6 Å². The van der Waals surface area contributed by atoms with E-state index in [0.29, 0.717) is 12.6 Å². The molecule has 1 aliphatic rings. The van der Waals surface area contributed by atoms with E-state index in [1.807, 2.05) is 6.92 Å². The predicted octanol–water partition coefficient (Wildman–Crippen LogP) is 0.792. The summed E-state index contributed by atoms with van der Waals surface area (Å²) in [7, 11) is -1.01. The van der Waals surface area contributed by atoms with Crippen molar-refractivity contribution in [1.29, 1.82) is 0 Å². The Bertz CT molecular complexity index is 269. The van der Waals surface area contributed by atoms with E-state index >= 15 is 0 Å². The Morgan fingerprint density at radius 2 is 2.06 bits per heavy atom. The Hall–Kier alpha value is -0.420. The molecule has 1 amide bonds.